The molecule has 0 radical (unpaired) electrons. The summed E-state index contributed by atoms with van der Waals surface area (Å²) in [5.41, 5.74) is 1.59. The average Bonchev–Trinajstić information content (AvgIpc) is 2.79. The van der Waals surface area contributed by atoms with E-state index in [1.165, 1.54) is 0 Å². The Morgan fingerprint density at radius 1 is 1.50 bits per heavy atom. The Labute approximate surface area is 95.8 Å². The van der Waals surface area contributed by atoms with Crippen LogP contribution < -0.4 is 4.74 Å². The zero-order valence-electron chi connectivity index (χ0n) is 9.62. The summed E-state index contributed by atoms with van der Waals surface area (Å²) in [7, 11) is 1.65. The molecule has 0 bridgehead atoms. The molecular formula is C13H15NO2. The third-order valence-electron chi connectivity index (χ3n) is 3.16. The Morgan fingerprint density at radius 3 is 2.88 bits per heavy atom. The van der Waals surface area contributed by atoms with Gasteiger partial charge in [-0.05, 0) is 18.6 Å². The molecule has 1 aromatic rings. The van der Waals surface area contributed by atoms with E-state index >= 15 is 0 Å². The normalized spacial score (nSPS) is 24.1. The number of hydrogen-bond donors (Lipinski definition) is 0. The molecule has 0 saturated carbocycles. The minimum absolute atomic E-state index is 0.489. The monoisotopic (exact) mass is 217 g/mol. The van der Waals surface area contributed by atoms with Gasteiger partial charge in [0.25, 0.3) is 5.54 Å². The van der Waals surface area contributed by atoms with Crippen molar-refractivity contribution < 1.29 is 9.47 Å². The largest absolute Gasteiger partial charge is 0.496 e. The fraction of sp³-hybridized carbons (Fsp3) is 0.462. The summed E-state index contributed by atoms with van der Waals surface area (Å²) >= 11 is 0. The highest BCUT2D eigenvalue weighted by molar-refractivity contribution is 5.41. The lowest BCUT2D eigenvalue weighted by atomic mass is 9.89. The first kappa shape index (κ1) is 11.0. The van der Waals surface area contributed by atoms with Crippen LogP contribution in [0.2, 0.25) is 0 Å². The van der Waals surface area contributed by atoms with E-state index in [0.717, 1.165) is 23.3 Å². The van der Waals surface area contributed by atoms with Crippen LogP contribution in [0.1, 0.15) is 17.5 Å². The summed E-state index contributed by atoms with van der Waals surface area (Å²) in [6.45, 7) is 10.5. The molecule has 84 valence electrons. The summed E-state index contributed by atoms with van der Waals surface area (Å²) in [5.74, 6) is 0.840. The molecular weight excluding hydrogens is 202 g/mol. The summed E-state index contributed by atoms with van der Waals surface area (Å²) in [4.78, 5) is 3.76. The maximum absolute atomic E-state index is 7.37. The van der Waals surface area contributed by atoms with E-state index in [1.807, 2.05) is 25.1 Å². The molecule has 1 aromatic carbocycles. The molecule has 0 N–H and O–H groups in total. The Bertz CT molecular complexity index is 428. The van der Waals surface area contributed by atoms with Gasteiger partial charge in [-0.2, -0.15) is 0 Å². The number of rotatable bonds is 2. The predicted molar refractivity (Wildman–Crippen MR) is 61.4 cm³/mol. The van der Waals surface area contributed by atoms with Gasteiger partial charge < -0.3 is 14.3 Å². The van der Waals surface area contributed by atoms with E-state index in [2.05, 4.69) is 4.85 Å². The third-order valence-corrected chi connectivity index (χ3v) is 3.16. The van der Waals surface area contributed by atoms with Crippen molar-refractivity contribution in [3.8, 4) is 5.75 Å². The molecule has 16 heavy (non-hydrogen) atoms. The van der Waals surface area contributed by atoms with Gasteiger partial charge in [-0.1, -0.05) is 12.1 Å². The van der Waals surface area contributed by atoms with Crippen molar-refractivity contribution in [3.05, 3.63) is 40.7 Å². The first-order valence-corrected chi connectivity index (χ1v) is 5.33. The van der Waals surface area contributed by atoms with Gasteiger partial charge in [0.15, 0.2) is 0 Å². The molecule has 1 heterocycles. The zero-order chi connectivity index (χ0) is 11.6. The number of benzene rings is 1. The van der Waals surface area contributed by atoms with E-state index in [9.17, 15) is 0 Å². The van der Waals surface area contributed by atoms with Crippen LogP contribution in [-0.4, -0.2) is 20.3 Å². The first-order valence-electron chi connectivity index (χ1n) is 5.33. The standard InChI is InChI=1S/C13H15NO2/c1-10-4-5-11(8-12(10)15-3)13(14-2)6-7-16-9-13/h4-5,8H,6-7,9H2,1,3H3. The molecule has 2 rings (SSSR count). The van der Waals surface area contributed by atoms with E-state index in [4.69, 9.17) is 16.0 Å². The fourth-order valence-corrected chi connectivity index (χ4v) is 2.04. The molecule has 1 fully saturated rings. The smallest absolute Gasteiger partial charge is 0.282 e. The summed E-state index contributed by atoms with van der Waals surface area (Å²) < 4.78 is 10.6. The number of aryl methyl sites for hydroxylation is 1. The summed E-state index contributed by atoms with van der Waals surface area (Å²) in [6, 6.07) is 5.96. The fourth-order valence-electron chi connectivity index (χ4n) is 2.04. The quantitative estimate of drug-likeness (QED) is 0.710. The van der Waals surface area contributed by atoms with Crippen LogP contribution in [0.15, 0.2) is 18.2 Å². The molecule has 0 spiro atoms. The second-order valence-corrected chi connectivity index (χ2v) is 4.13. The molecule has 1 saturated heterocycles. The van der Waals surface area contributed by atoms with Gasteiger partial charge >= 0.3 is 0 Å². The Kier molecular flexibility index (Phi) is 2.84. The van der Waals surface area contributed by atoms with Crippen LogP contribution in [0.25, 0.3) is 4.85 Å². The molecule has 3 heteroatoms. The lowest BCUT2D eigenvalue weighted by Crippen LogP contribution is -2.21. The predicted octanol–water partition coefficient (Wildman–Crippen LogP) is 2.54. The van der Waals surface area contributed by atoms with Crippen molar-refractivity contribution in [2.45, 2.75) is 18.9 Å². The minimum atomic E-state index is -0.499. The SMILES string of the molecule is [C-]#[N+]C1(c2ccc(C)c(OC)c2)CCOC1. The molecule has 0 aromatic heterocycles. The topological polar surface area (TPSA) is 22.8 Å². The molecule has 1 unspecified atom stereocenters. The molecule has 1 aliphatic rings. The Hall–Kier alpha value is -1.53. The molecule has 0 aliphatic carbocycles. The van der Waals surface area contributed by atoms with Crippen molar-refractivity contribution in [1.82, 2.24) is 0 Å². The number of nitrogens with zero attached hydrogens (tertiary/aromatic N) is 1. The van der Waals surface area contributed by atoms with Crippen molar-refractivity contribution in [2.75, 3.05) is 20.3 Å². The lowest BCUT2D eigenvalue weighted by Gasteiger charge is -2.16. The number of ether oxygens (including phenoxy) is 2. The third kappa shape index (κ3) is 1.66. The van der Waals surface area contributed by atoms with Crippen molar-refractivity contribution in [3.63, 3.8) is 0 Å². The highest BCUT2D eigenvalue weighted by Crippen LogP contribution is 2.36. The summed E-state index contributed by atoms with van der Waals surface area (Å²) in [5, 5.41) is 0. The second kappa shape index (κ2) is 4.15. The lowest BCUT2D eigenvalue weighted by molar-refractivity contribution is 0.185. The Balaban J connectivity index is 2.44. The van der Waals surface area contributed by atoms with Crippen LogP contribution in [0.5, 0.6) is 5.75 Å². The van der Waals surface area contributed by atoms with E-state index in [0.29, 0.717) is 13.2 Å². The molecule has 0 amide bonds. The van der Waals surface area contributed by atoms with Crippen molar-refractivity contribution in [2.24, 2.45) is 0 Å². The average molecular weight is 217 g/mol. The van der Waals surface area contributed by atoms with E-state index < -0.39 is 5.54 Å². The van der Waals surface area contributed by atoms with Crippen LogP contribution in [0.3, 0.4) is 0 Å². The minimum Gasteiger partial charge on any atom is -0.496 e. The highest BCUT2D eigenvalue weighted by Gasteiger charge is 2.43. The zero-order valence-corrected chi connectivity index (χ0v) is 9.62. The van der Waals surface area contributed by atoms with Gasteiger partial charge in [0.1, 0.15) is 12.4 Å². The molecule has 3 nitrogen and oxygen atoms in total. The van der Waals surface area contributed by atoms with Gasteiger partial charge in [0.2, 0.25) is 0 Å². The van der Waals surface area contributed by atoms with Gasteiger partial charge in [-0.15, -0.1) is 0 Å². The number of methoxy groups -OCH3 is 1. The van der Waals surface area contributed by atoms with Crippen molar-refractivity contribution in [1.29, 1.82) is 0 Å². The van der Waals surface area contributed by atoms with Gasteiger partial charge in [0, 0.05) is 5.56 Å². The van der Waals surface area contributed by atoms with Gasteiger partial charge in [0.05, 0.1) is 20.1 Å². The van der Waals surface area contributed by atoms with Crippen molar-refractivity contribution >= 4 is 0 Å². The van der Waals surface area contributed by atoms with E-state index in [-0.39, 0.29) is 0 Å². The maximum atomic E-state index is 7.37. The highest BCUT2D eigenvalue weighted by atomic mass is 16.5. The van der Waals surface area contributed by atoms with E-state index in [1.54, 1.807) is 7.11 Å². The maximum Gasteiger partial charge on any atom is 0.282 e. The van der Waals surface area contributed by atoms with Crippen LogP contribution in [0, 0.1) is 13.5 Å². The first-order chi connectivity index (χ1) is 7.72. The molecule has 1 atom stereocenters. The van der Waals surface area contributed by atoms with Crippen LogP contribution in [0.4, 0.5) is 0 Å². The van der Waals surface area contributed by atoms with Crippen LogP contribution in [-0.2, 0) is 10.3 Å². The van der Waals surface area contributed by atoms with Gasteiger partial charge in [-0.3, -0.25) is 0 Å². The molecule has 1 aliphatic heterocycles. The Morgan fingerprint density at radius 2 is 2.31 bits per heavy atom. The number of hydrogen-bond acceptors (Lipinski definition) is 2. The van der Waals surface area contributed by atoms with Crippen LogP contribution >= 0.6 is 0 Å². The summed E-state index contributed by atoms with van der Waals surface area (Å²) in [6.07, 6.45) is 0.767. The van der Waals surface area contributed by atoms with Gasteiger partial charge in [-0.25, -0.2) is 6.57 Å². The second-order valence-electron chi connectivity index (χ2n) is 4.13.